The third-order valence-corrected chi connectivity index (χ3v) is 5.33. The predicted octanol–water partition coefficient (Wildman–Crippen LogP) is 4.31. The summed E-state index contributed by atoms with van der Waals surface area (Å²) in [6.07, 6.45) is 2.44. The van der Waals surface area contributed by atoms with Crippen molar-refractivity contribution in [1.29, 1.82) is 0 Å². The first kappa shape index (κ1) is 15.2. The molecule has 1 heterocycles. The molecule has 0 radical (unpaired) electrons. The fraction of sp³-hybridized carbons (Fsp3) is 0.375. The van der Waals surface area contributed by atoms with Gasteiger partial charge < -0.3 is 5.73 Å². The van der Waals surface area contributed by atoms with E-state index in [1.165, 1.54) is 30.5 Å². The van der Waals surface area contributed by atoms with E-state index in [4.69, 9.17) is 5.73 Å². The summed E-state index contributed by atoms with van der Waals surface area (Å²) in [7, 11) is 0. The third-order valence-electron chi connectivity index (χ3n) is 3.91. The van der Waals surface area contributed by atoms with Gasteiger partial charge in [0.05, 0.1) is 0 Å². The number of rotatable bonds is 6. The van der Waals surface area contributed by atoms with Gasteiger partial charge in [0.1, 0.15) is 5.82 Å². The van der Waals surface area contributed by atoms with Crippen molar-refractivity contribution in [2.75, 3.05) is 6.54 Å². The second-order valence-electron chi connectivity index (χ2n) is 5.45. The molecule has 0 amide bonds. The van der Waals surface area contributed by atoms with Gasteiger partial charge >= 0.3 is 0 Å². The number of nitrogens with zero attached hydrogens (tertiary/aromatic N) is 1. The SMILES string of the molecule is NCC(c1ccc(F)cc1Br)N(Cc1ccsc1)C1CC1. The lowest BCUT2D eigenvalue weighted by molar-refractivity contribution is 0.181. The van der Waals surface area contributed by atoms with Crippen LogP contribution in [0.15, 0.2) is 39.5 Å². The molecule has 0 bridgehead atoms. The third kappa shape index (κ3) is 3.54. The molecule has 1 aliphatic carbocycles. The van der Waals surface area contributed by atoms with Crippen molar-refractivity contribution in [3.63, 3.8) is 0 Å². The van der Waals surface area contributed by atoms with Crippen LogP contribution in [0.1, 0.15) is 30.0 Å². The van der Waals surface area contributed by atoms with Crippen LogP contribution in [0.2, 0.25) is 0 Å². The van der Waals surface area contributed by atoms with Gasteiger partial charge in [0.25, 0.3) is 0 Å². The van der Waals surface area contributed by atoms with Crippen LogP contribution in [0.5, 0.6) is 0 Å². The standard InChI is InChI=1S/C16H18BrFN2S/c17-15-7-12(18)1-4-14(15)16(8-19)20(13-2-3-13)9-11-5-6-21-10-11/h1,4-7,10,13,16H,2-3,8-9,19H2. The van der Waals surface area contributed by atoms with Gasteiger partial charge in [-0.3, -0.25) is 4.90 Å². The van der Waals surface area contributed by atoms with E-state index >= 15 is 0 Å². The number of nitrogens with two attached hydrogens (primary N) is 1. The molecule has 1 atom stereocenters. The highest BCUT2D eigenvalue weighted by Crippen LogP contribution is 2.37. The van der Waals surface area contributed by atoms with Crippen molar-refractivity contribution in [3.8, 4) is 0 Å². The second-order valence-corrected chi connectivity index (χ2v) is 7.09. The number of benzene rings is 1. The van der Waals surface area contributed by atoms with E-state index in [-0.39, 0.29) is 11.9 Å². The Morgan fingerprint density at radius 2 is 2.19 bits per heavy atom. The van der Waals surface area contributed by atoms with E-state index < -0.39 is 0 Å². The van der Waals surface area contributed by atoms with Gasteiger partial charge in [-0.2, -0.15) is 11.3 Å². The highest BCUT2D eigenvalue weighted by Gasteiger charge is 2.34. The first-order valence-corrected chi connectivity index (χ1v) is 8.84. The van der Waals surface area contributed by atoms with Crippen LogP contribution in [0, 0.1) is 5.82 Å². The lowest BCUT2D eigenvalue weighted by Crippen LogP contribution is -2.35. The molecule has 112 valence electrons. The Morgan fingerprint density at radius 1 is 1.38 bits per heavy atom. The number of hydrogen-bond acceptors (Lipinski definition) is 3. The fourth-order valence-corrected chi connectivity index (χ4v) is 3.98. The summed E-state index contributed by atoms with van der Waals surface area (Å²) < 4.78 is 14.1. The Hall–Kier alpha value is -0.750. The molecule has 1 saturated carbocycles. The molecule has 5 heteroatoms. The quantitative estimate of drug-likeness (QED) is 0.822. The molecule has 3 rings (SSSR count). The monoisotopic (exact) mass is 368 g/mol. The molecule has 0 aliphatic heterocycles. The average Bonchev–Trinajstić information content (AvgIpc) is 3.18. The minimum atomic E-state index is -0.225. The maximum atomic E-state index is 13.3. The van der Waals surface area contributed by atoms with Crippen LogP contribution in [-0.4, -0.2) is 17.5 Å². The minimum absolute atomic E-state index is 0.118. The molecule has 2 N–H and O–H groups in total. The Balaban J connectivity index is 1.88. The van der Waals surface area contributed by atoms with E-state index in [1.807, 2.05) is 6.07 Å². The largest absolute Gasteiger partial charge is 0.329 e. The maximum absolute atomic E-state index is 13.3. The summed E-state index contributed by atoms with van der Waals surface area (Å²) in [4.78, 5) is 2.46. The zero-order valence-electron chi connectivity index (χ0n) is 11.6. The molecule has 1 aromatic carbocycles. The summed E-state index contributed by atoms with van der Waals surface area (Å²) in [5.41, 5.74) is 8.45. The molecule has 1 aliphatic rings. The fourth-order valence-electron chi connectivity index (χ4n) is 2.71. The smallest absolute Gasteiger partial charge is 0.124 e. The molecule has 0 saturated heterocycles. The van der Waals surface area contributed by atoms with Crippen LogP contribution < -0.4 is 5.73 Å². The minimum Gasteiger partial charge on any atom is -0.329 e. The van der Waals surface area contributed by atoms with Crippen LogP contribution in [0.4, 0.5) is 4.39 Å². The summed E-state index contributed by atoms with van der Waals surface area (Å²) in [5.74, 6) is -0.225. The van der Waals surface area contributed by atoms with E-state index in [0.29, 0.717) is 12.6 Å². The molecule has 2 nitrogen and oxygen atoms in total. The second kappa shape index (κ2) is 6.57. The van der Waals surface area contributed by atoms with Crippen LogP contribution in [-0.2, 0) is 6.54 Å². The van der Waals surface area contributed by atoms with Crippen LogP contribution >= 0.6 is 27.3 Å². The average molecular weight is 369 g/mol. The summed E-state index contributed by atoms with van der Waals surface area (Å²) in [5, 5.41) is 4.29. The molecular formula is C16H18BrFN2S. The molecule has 2 aromatic rings. The number of halogens is 2. The first-order valence-electron chi connectivity index (χ1n) is 7.11. The number of hydrogen-bond donors (Lipinski definition) is 1. The maximum Gasteiger partial charge on any atom is 0.124 e. The van der Waals surface area contributed by atoms with E-state index in [0.717, 1.165) is 16.6 Å². The predicted molar refractivity (Wildman–Crippen MR) is 88.8 cm³/mol. The van der Waals surface area contributed by atoms with Crippen LogP contribution in [0.3, 0.4) is 0 Å². The van der Waals surface area contributed by atoms with Crippen molar-refractivity contribution >= 4 is 27.3 Å². The normalized spacial score (nSPS) is 16.4. The van der Waals surface area contributed by atoms with Gasteiger partial charge in [0.2, 0.25) is 0 Å². The van der Waals surface area contributed by atoms with Crippen molar-refractivity contribution in [2.24, 2.45) is 5.73 Å². The summed E-state index contributed by atoms with van der Waals surface area (Å²) in [6.45, 7) is 1.44. The molecule has 0 spiro atoms. The number of thiophene rings is 1. The molecular weight excluding hydrogens is 351 g/mol. The molecule has 1 unspecified atom stereocenters. The zero-order valence-corrected chi connectivity index (χ0v) is 14.0. The van der Waals surface area contributed by atoms with Gasteiger partial charge in [-0.15, -0.1) is 0 Å². The molecule has 21 heavy (non-hydrogen) atoms. The Labute approximate surface area is 136 Å². The Kier molecular flexibility index (Phi) is 4.74. The van der Waals surface area contributed by atoms with E-state index in [1.54, 1.807) is 11.3 Å². The lowest BCUT2D eigenvalue weighted by atomic mass is 10.0. The van der Waals surface area contributed by atoms with Gasteiger partial charge in [-0.25, -0.2) is 4.39 Å². The Morgan fingerprint density at radius 3 is 2.76 bits per heavy atom. The zero-order chi connectivity index (χ0) is 14.8. The van der Waals surface area contributed by atoms with Crippen molar-refractivity contribution < 1.29 is 4.39 Å². The summed E-state index contributed by atoms with van der Waals surface area (Å²) in [6, 6.07) is 7.75. The van der Waals surface area contributed by atoms with E-state index in [2.05, 4.69) is 37.7 Å². The Bertz CT molecular complexity index is 598. The van der Waals surface area contributed by atoms with Crippen LogP contribution in [0.25, 0.3) is 0 Å². The van der Waals surface area contributed by atoms with E-state index in [9.17, 15) is 4.39 Å². The van der Waals surface area contributed by atoms with Crippen molar-refractivity contribution in [3.05, 3.63) is 56.4 Å². The molecule has 1 fully saturated rings. The topological polar surface area (TPSA) is 29.3 Å². The molecule has 1 aromatic heterocycles. The summed E-state index contributed by atoms with van der Waals surface area (Å²) >= 11 is 5.20. The van der Waals surface area contributed by atoms with Crippen molar-refractivity contribution in [2.45, 2.75) is 31.5 Å². The van der Waals surface area contributed by atoms with Gasteiger partial charge in [-0.05, 0) is 52.9 Å². The van der Waals surface area contributed by atoms with Gasteiger partial charge in [-0.1, -0.05) is 22.0 Å². The lowest BCUT2D eigenvalue weighted by Gasteiger charge is -2.32. The van der Waals surface area contributed by atoms with Gasteiger partial charge in [0.15, 0.2) is 0 Å². The van der Waals surface area contributed by atoms with Gasteiger partial charge in [0, 0.05) is 29.6 Å². The highest BCUT2D eigenvalue weighted by atomic mass is 79.9. The van der Waals surface area contributed by atoms with Crippen molar-refractivity contribution in [1.82, 2.24) is 4.90 Å². The first-order chi connectivity index (χ1) is 10.2. The highest BCUT2D eigenvalue weighted by molar-refractivity contribution is 9.10.